The number of aliphatic imine (C=N–C) groups is 2. The Kier molecular flexibility index (Phi) is 6.61. The van der Waals surface area contributed by atoms with Crippen molar-refractivity contribution in [3.8, 4) is 0 Å². The Bertz CT molecular complexity index is 1060. The van der Waals surface area contributed by atoms with Crippen molar-refractivity contribution in [1.29, 1.82) is 0 Å². The third-order valence-electron chi connectivity index (χ3n) is 7.11. The maximum Gasteiger partial charge on any atom is 0.219 e. The molecule has 2 aromatic rings. The first-order valence-corrected chi connectivity index (χ1v) is 12.2. The Morgan fingerprint density at radius 2 is 1.50 bits per heavy atom. The maximum absolute atomic E-state index is 6.49. The van der Waals surface area contributed by atoms with Gasteiger partial charge in [0.25, 0.3) is 0 Å². The highest BCUT2D eigenvalue weighted by molar-refractivity contribution is 5.98. The van der Waals surface area contributed by atoms with Gasteiger partial charge < -0.3 is 4.90 Å². The first-order chi connectivity index (χ1) is 16.7. The van der Waals surface area contributed by atoms with Crippen LogP contribution in [0.3, 0.4) is 0 Å². The highest BCUT2D eigenvalue weighted by Gasteiger charge is 2.34. The number of amidine groups is 1. The van der Waals surface area contributed by atoms with E-state index in [1.54, 1.807) is 5.01 Å². The molecule has 2 N–H and O–H groups in total. The summed E-state index contributed by atoms with van der Waals surface area (Å²) in [5.41, 5.74) is 5.83. The van der Waals surface area contributed by atoms with Crippen LogP contribution in [0.5, 0.6) is 0 Å². The largest absolute Gasteiger partial charge is 0.339 e. The second-order valence-electron chi connectivity index (χ2n) is 9.19. The summed E-state index contributed by atoms with van der Waals surface area (Å²) in [5, 5.41) is 1.71. The number of hydrogen-bond donors (Lipinski definition) is 1. The predicted molar refractivity (Wildman–Crippen MR) is 140 cm³/mol. The van der Waals surface area contributed by atoms with E-state index in [0.717, 1.165) is 50.8 Å². The van der Waals surface area contributed by atoms with Crippen LogP contribution in [0.15, 0.2) is 83.8 Å². The van der Waals surface area contributed by atoms with Gasteiger partial charge in [-0.25, -0.2) is 10.8 Å². The average Bonchev–Trinajstić information content (AvgIpc) is 3.03. The molecule has 6 nitrogen and oxygen atoms in total. The van der Waals surface area contributed by atoms with Gasteiger partial charge in [0.2, 0.25) is 5.96 Å². The van der Waals surface area contributed by atoms with Gasteiger partial charge >= 0.3 is 0 Å². The molecular formula is C28H34N6. The van der Waals surface area contributed by atoms with E-state index in [4.69, 9.17) is 10.8 Å². The van der Waals surface area contributed by atoms with E-state index in [-0.39, 0.29) is 12.2 Å². The molecule has 1 unspecified atom stereocenters. The van der Waals surface area contributed by atoms with Crippen molar-refractivity contribution in [3.63, 3.8) is 0 Å². The van der Waals surface area contributed by atoms with Crippen LogP contribution in [0.1, 0.15) is 41.1 Å². The minimum Gasteiger partial charge on any atom is -0.339 e. The molecule has 1 saturated heterocycles. The molecule has 6 heteroatoms. The molecule has 2 aromatic carbocycles. The van der Waals surface area contributed by atoms with E-state index in [9.17, 15) is 0 Å². The van der Waals surface area contributed by atoms with Gasteiger partial charge in [0.1, 0.15) is 12.0 Å². The molecule has 2 heterocycles. The van der Waals surface area contributed by atoms with Crippen LogP contribution in [0.25, 0.3) is 0 Å². The Morgan fingerprint density at radius 3 is 2.09 bits per heavy atom. The highest BCUT2D eigenvalue weighted by atomic mass is 15.6. The average molecular weight is 455 g/mol. The molecule has 0 spiro atoms. The van der Waals surface area contributed by atoms with Crippen LogP contribution in [0.2, 0.25) is 0 Å². The van der Waals surface area contributed by atoms with Crippen LogP contribution >= 0.6 is 0 Å². The quantitative estimate of drug-likeness (QED) is 0.550. The Hall–Kier alpha value is -3.22. The van der Waals surface area contributed by atoms with Gasteiger partial charge in [0.05, 0.1) is 6.04 Å². The van der Waals surface area contributed by atoms with Gasteiger partial charge in [-0.2, -0.15) is 4.99 Å². The molecule has 0 radical (unpaired) electrons. The molecule has 0 aromatic heterocycles. The van der Waals surface area contributed by atoms with E-state index in [1.807, 2.05) is 12.2 Å². The van der Waals surface area contributed by atoms with Gasteiger partial charge in [-0.1, -0.05) is 60.7 Å². The van der Waals surface area contributed by atoms with Gasteiger partial charge in [0.15, 0.2) is 0 Å². The fraction of sp³-hybridized carbons (Fsp3) is 0.357. The summed E-state index contributed by atoms with van der Waals surface area (Å²) in [6.07, 6.45) is 7.06. The smallest absolute Gasteiger partial charge is 0.219 e. The van der Waals surface area contributed by atoms with Crippen LogP contribution in [0, 0.1) is 0 Å². The van der Waals surface area contributed by atoms with Crippen molar-refractivity contribution in [2.24, 2.45) is 15.8 Å². The summed E-state index contributed by atoms with van der Waals surface area (Å²) in [6.45, 7) is 11.4. The molecule has 2 aliphatic heterocycles. The molecule has 0 amide bonds. The van der Waals surface area contributed by atoms with Crippen LogP contribution in [-0.2, 0) is 12.8 Å². The monoisotopic (exact) mass is 454 g/mol. The van der Waals surface area contributed by atoms with Crippen LogP contribution in [0.4, 0.5) is 0 Å². The topological polar surface area (TPSA) is 60.5 Å². The first kappa shape index (κ1) is 22.6. The zero-order chi connectivity index (χ0) is 23.5. The normalized spacial score (nSPS) is 21.1. The molecule has 1 aliphatic carbocycles. The molecule has 176 valence electrons. The van der Waals surface area contributed by atoms with Crippen molar-refractivity contribution in [2.45, 2.75) is 37.9 Å². The number of aryl methyl sites for hydroxylation is 2. The summed E-state index contributed by atoms with van der Waals surface area (Å²) in [7, 11) is 0. The Labute approximate surface area is 202 Å². The highest BCUT2D eigenvalue weighted by Crippen LogP contribution is 2.37. The molecule has 3 aliphatic rings. The van der Waals surface area contributed by atoms with E-state index in [2.05, 4.69) is 76.5 Å². The second kappa shape index (κ2) is 9.95. The molecule has 34 heavy (non-hydrogen) atoms. The van der Waals surface area contributed by atoms with Crippen LogP contribution in [-0.4, -0.2) is 58.9 Å². The van der Waals surface area contributed by atoms with E-state index in [1.165, 1.54) is 22.3 Å². The third kappa shape index (κ3) is 4.31. The van der Waals surface area contributed by atoms with E-state index >= 15 is 0 Å². The fourth-order valence-electron chi connectivity index (χ4n) is 5.41. The minimum atomic E-state index is -0.168. The molecule has 5 rings (SSSR count). The van der Waals surface area contributed by atoms with Gasteiger partial charge in [0, 0.05) is 39.0 Å². The lowest BCUT2D eigenvalue weighted by Crippen LogP contribution is -2.59. The summed E-state index contributed by atoms with van der Waals surface area (Å²) in [4.78, 5) is 14.4. The Balaban J connectivity index is 1.39. The first-order valence-electron chi connectivity index (χ1n) is 12.2. The van der Waals surface area contributed by atoms with Gasteiger partial charge in [-0.05, 0) is 35.1 Å². The SMILES string of the molecule is C=CCC1=NC(CC=C)N(N)C(N2CCN(C3c4ccccc4CCc4ccccc43)CC2)=N1. The third-order valence-corrected chi connectivity index (χ3v) is 7.11. The summed E-state index contributed by atoms with van der Waals surface area (Å²) in [6, 6.07) is 18.2. The number of hydrogen-bond acceptors (Lipinski definition) is 6. The molecule has 1 fully saturated rings. The lowest BCUT2D eigenvalue weighted by molar-refractivity contribution is 0.135. The number of hydrazine groups is 1. The predicted octanol–water partition coefficient (Wildman–Crippen LogP) is 3.91. The summed E-state index contributed by atoms with van der Waals surface area (Å²) >= 11 is 0. The van der Waals surface area contributed by atoms with Crippen molar-refractivity contribution in [2.75, 3.05) is 26.2 Å². The minimum absolute atomic E-state index is 0.168. The number of benzene rings is 2. The van der Waals surface area contributed by atoms with Gasteiger partial charge in [-0.3, -0.25) is 9.91 Å². The number of nitrogens with zero attached hydrogens (tertiary/aromatic N) is 5. The standard InChI is InChI=1S/C28H34N6/c1-3-9-25-30-26(10-4-2)34(29)28(31-25)33-19-17-32(18-20-33)27-23-13-7-5-11-21(23)15-16-22-12-6-8-14-24(22)27/h3-8,11-14,26-27H,1-2,9-10,15-20,29H2. The van der Waals surface area contributed by atoms with Crippen molar-refractivity contribution >= 4 is 11.8 Å². The zero-order valence-corrected chi connectivity index (χ0v) is 19.8. The Morgan fingerprint density at radius 1 is 0.882 bits per heavy atom. The second-order valence-corrected chi connectivity index (χ2v) is 9.19. The maximum atomic E-state index is 6.49. The number of fused-ring (bicyclic) bond motifs is 2. The summed E-state index contributed by atoms with van der Waals surface area (Å²) in [5.74, 6) is 8.08. The number of rotatable bonds is 5. The molecular weight excluding hydrogens is 420 g/mol. The molecule has 1 atom stereocenters. The lowest BCUT2D eigenvalue weighted by atomic mass is 9.93. The van der Waals surface area contributed by atoms with Crippen molar-refractivity contribution in [1.82, 2.24) is 14.8 Å². The van der Waals surface area contributed by atoms with Crippen LogP contribution < -0.4 is 5.84 Å². The summed E-state index contributed by atoms with van der Waals surface area (Å²) < 4.78 is 0. The number of guanidine groups is 1. The molecule has 0 saturated carbocycles. The van der Waals surface area contributed by atoms with E-state index < -0.39 is 0 Å². The van der Waals surface area contributed by atoms with E-state index in [0.29, 0.717) is 12.8 Å². The van der Waals surface area contributed by atoms with Crippen molar-refractivity contribution in [3.05, 3.63) is 96.1 Å². The van der Waals surface area contributed by atoms with Gasteiger partial charge in [-0.15, -0.1) is 13.2 Å². The molecule has 0 bridgehead atoms. The zero-order valence-electron chi connectivity index (χ0n) is 19.8. The number of piperazine rings is 1. The van der Waals surface area contributed by atoms with Crippen molar-refractivity contribution < 1.29 is 0 Å². The number of nitrogens with two attached hydrogens (primary N) is 1. The fourth-order valence-corrected chi connectivity index (χ4v) is 5.41. The lowest BCUT2D eigenvalue weighted by Gasteiger charge is -2.43.